The molecule has 0 saturated heterocycles. The summed E-state index contributed by atoms with van der Waals surface area (Å²) in [5, 5.41) is 4.33. The third-order valence-corrected chi connectivity index (χ3v) is 4.79. The quantitative estimate of drug-likeness (QED) is 0.724. The number of hydrogen-bond donors (Lipinski definition) is 1. The Labute approximate surface area is 156 Å². The average molecular weight is 365 g/mol. The van der Waals surface area contributed by atoms with Gasteiger partial charge in [-0.2, -0.15) is 0 Å². The highest BCUT2D eigenvalue weighted by Crippen LogP contribution is 2.32. The Kier molecular flexibility index (Phi) is 4.35. The zero-order chi connectivity index (χ0) is 19.0. The SMILES string of the molecule is CCc1nc(C(=O)N2CCCc3c(N)cccc32)nn1-c1ccccc1F. The van der Waals surface area contributed by atoms with Crippen molar-refractivity contribution in [2.24, 2.45) is 0 Å². The second-order valence-corrected chi connectivity index (χ2v) is 6.47. The Bertz CT molecular complexity index is 1010. The van der Waals surface area contributed by atoms with Crippen LogP contribution in [-0.2, 0) is 12.8 Å². The summed E-state index contributed by atoms with van der Waals surface area (Å²) in [6, 6.07) is 11.9. The molecule has 0 unspecified atom stereocenters. The average Bonchev–Trinajstić information content (AvgIpc) is 3.12. The molecule has 0 atom stereocenters. The van der Waals surface area contributed by atoms with Crippen LogP contribution in [0.3, 0.4) is 0 Å². The number of nitrogens with zero attached hydrogens (tertiary/aromatic N) is 4. The van der Waals surface area contributed by atoms with Crippen LogP contribution in [0.25, 0.3) is 5.69 Å². The van der Waals surface area contributed by atoms with Crippen LogP contribution in [0.15, 0.2) is 42.5 Å². The van der Waals surface area contributed by atoms with Crippen molar-refractivity contribution in [3.63, 3.8) is 0 Å². The first-order valence-corrected chi connectivity index (χ1v) is 9.00. The Morgan fingerprint density at radius 2 is 1.96 bits per heavy atom. The molecule has 2 aromatic carbocycles. The maximum absolute atomic E-state index is 14.2. The molecule has 0 bridgehead atoms. The van der Waals surface area contributed by atoms with Crippen LogP contribution >= 0.6 is 0 Å². The zero-order valence-corrected chi connectivity index (χ0v) is 15.0. The largest absolute Gasteiger partial charge is 0.398 e. The van der Waals surface area contributed by atoms with Gasteiger partial charge in [0, 0.05) is 24.3 Å². The summed E-state index contributed by atoms with van der Waals surface area (Å²) in [4.78, 5) is 19.2. The number of aryl methyl sites for hydroxylation is 1. The fourth-order valence-electron chi connectivity index (χ4n) is 3.46. The molecular formula is C20H20FN5O. The van der Waals surface area contributed by atoms with Crippen molar-refractivity contribution >= 4 is 17.3 Å². The number of amides is 1. The fraction of sp³-hybridized carbons (Fsp3) is 0.250. The van der Waals surface area contributed by atoms with E-state index >= 15 is 0 Å². The van der Waals surface area contributed by atoms with Crippen molar-refractivity contribution in [1.29, 1.82) is 0 Å². The van der Waals surface area contributed by atoms with E-state index in [9.17, 15) is 9.18 Å². The van der Waals surface area contributed by atoms with Gasteiger partial charge < -0.3 is 10.6 Å². The number of carbonyl (C=O) groups is 1. The van der Waals surface area contributed by atoms with Gasteiger partial charge in [0.2, 0.25) is 5.82 Å². The zero-order valence-electron chi connectivity index (χ0n) is 15.0. The standard InChI is InChI=1S/C20H20FN5O/c1-2-18-23-19(24-26(18)17-10-4-3-8-14(17)21)20(27)25-12-6-7-13-15(22)9-5-11-16(13)25/h3-5,8-11H,2,6-7,12,22H2,1H3. The van der Waals surface area contributed by atoms with Crippen molar-refractivity contribution in [1.82, 2.24) is 14.8 Å². The highest BCUT2D eigenvalue weighted by Gasteiger charge is 2.28. The minimum Gasteiger partial charge on any atom is -0.398 e. The number of rotatable bonds is 3. The number of para-hydroxylation sites is 1. The molecule has 1 amide bonds. The van der Waals surface area contributed by atoms with E-state index in [-0.39, 0.29) is 17.4 Å². The van der Waals surface area contributed by atoms with Crippen LogP contribution in [0, 0.1) is 5.82 Å². The van der Waals surface area contributed by atoms with E-state index in [0.29, 0.717) is 24.5 Å². The van der Waals surface area contributed by atoms with Gasteiger partial charge in [-0.1, -0.05) is 25.1 Å². The van der Waals surface area contributed by atoms with Gasteiger partial charge in [0.15, 0.2) is 0 Å². The molecule has 1 aliphatic heterocycles. The monoisotopic (exact) mass is 365 g/mol. The van der Waals surface area contributed by atoms with Crippen LogP contribution < -0.4 is 10.6 Å². The Morgan fingerprint density at radius 3 is 2.74 bits per heavy atom. The lowest BCUT2D eigenvalue weighted by atomic mass is 10.00. The smallest absolute Gasteiger partial charge is 0.297 e. The van der Waals surface area contributed by atoms with Crippen molar-refractivity contribution in [3.05, 3.63) is 65.5 Å². The van der Waals surface area contributed by atoms with Crippen LogP contribution in [0.4, 0.5) is 15.8 Å². The van der Waals surface area contributed by atoms with Gasteiger partial charge in [0.1, 0.15) is 17.3 Å². The molecule has 7 heteroatoms. The normalized spacial score (nSPS) is 13.5. The lowest BCUT2D eigenvalue weighted by molar-refractivity contribution is 0.0975. The molecule has 0 spiro atoms. The minimum atomic E-state index is -0.410. The molecular weight excluding hydrogens is 345 g/mol. The third kappa shape index (κ3) is 2.95. The summed E-state index contributed by atoms with van der Waals surface area (Å²) in [6.07, 6.45) is 2.18. The van der Waals surface area contributed by atoms with Gasteiger partial charge in [-0.15, -0.1) is 5.10 Å². The van der Waals surface area contributed by atoms with Gasteiger partial charge in [-0.05, 0) is 42.7 Å². The van der Waals surface area contributed by atoms with Crippen LogP contribution in [0.2, 0.25) is 0 Å². The van der Waals surface area contributed by atoms with Crippen molar-refractivity contribution < 1.29 is 9.18 Å². The van der Waals surface area contributed by atoms with Gasteiger partial charge in [-0.25, -0.2) is 14.1 Å². The first-order valence-electron chi connectivity index (χ1n) is 9.00. The summed E-state index contributed by atoms with van der Waals surface area (Å²) < 4.78 is 15.6. The fourth-order valence-corrected chi connectivity index (χ4v) is 3.46. The van der Waals surface area contributed by atoms with E-state index in [1.165, 1.54) is 10.7 Å². The van der Waals surface area contributed by atoms with Gasteiger partial charge in [0.05, 0.1) is 0 Å². The third-order valence-electron chi connectivity index (χ3n) is 4.79. The van der Waals surface area contributed by atoms with E-state index in [1.54, 1.807) is 23.1 Å². The highest BCUT2D eigenvalue weighted by atomic mass is 19.1. The van der Waals surface area contributed by atoms with E-state index in [0.717, 1.165) is 24.1 Å². The van der Waals surface area contributed by atoms with Crippen LogP contribution in [-0.4, -0.2) is 27.2 Å². The van der Waals surface area contributed by atoms with Crippen LogP contribution in [0.1, 0.15) is 35.4 Å². The number of fused-ring (bicyclic) bond motifs is 1. The molecule has 27 heavy (non-hydrogen) atoms. The predicted octanol–water partition coefficient (Wildman–Crippen LogP) is 3.14. The number of nitrogen functional groups attached to an aromatic ring is 1. The second kappa shape index (κ2) is 6.83. The Hall–Kier alpha value is -3.22. The van der Waals surface area contributed by atoms with E-state index in [2.05, 4.69) is 10.1 Å². The summed E-state index contributed by atoms with van der Waals surface area (Å²) in [5.74, 6) is -0.114. The van der Waals surface area contributed by atoms with Crippen molar-refractivity contribution in [3.8, 4) is 5.69 Å². The first-order chi connectivity index (χ1) is 13.1. The van der Waals surface area contributed by atoms with Gasteiger partial charge in [0.25, 0.3) is 5.91 Å². The van der Waals surface area contributed by atoms with Crippen molar-refractivity contribution in [2.75, 3.05) is 17.2 Å². The number of carbonyl (C=O) groups excluding carboxylic acids is 1. The summed E-state index contributed by atoms with van der Waals surface area (Å²) in [6.45, 7) is 2.47. The van der Waals surface area contributed by atoms with E-state index in [4.69, 9.17) is 5.73 Å². The van der Waals surface area contributed by atoms with E-state index in [1.807, 2.05) is 25.1 Å². The lowest BCUT2D eigenvalue weighted by Crippen LogP contribution is -2.36. The summed E-state index contributed by atoms with van der Waals surface area (Å²) in [7, 11) is 0. The molecule has 0 radical (unpaired) electrons. The summed E-state index contributed by atoms with van der Waals surface area (Å²) in [5.41, 5.74) is 8.81. The van der Waals surface area contributed by atoms with Crippen molar-refractivity contribution in [2.45, 2.75) is 26.2 Å². The minimum absolute atomic E-state index is 0.0605. The number of benzene rings is 2. The van der Waals surface area contributed by atoms with Gasteiger partial charge in [-0.3, -0.25) is 4.79 Å². The maximum atomic E-state index is 14.2. The first kappa shape index (κ1) is 17.2. The van der Waals surface area contributed by atoms with E-state index < -0.39 is 5.82 Å². The predicted molar refractivity (Wildman–Crippen MR) is 102 cm³/mol. The number of halogens is 1. The lowest BCUT2D eigenvalue weighted by Gasteiger charge is -2.29. The topological polar surface area (TPSA) is 77.0 Å². The molecule has 0 saturated carbocycles. The molecule has 2 heterocycles. The molecule has 2 N–H and O–H groups in total. The molecule has 0 fully saturated rings. The number of nitrogens with two attached hydrogens (primary N) is 1. The second-order valence-electron chi connectivity index (χ2n) is 6.47. The maximum Gasteiger partial charge on any atom is 0.297 e. The Morgan fingerprint density at radius 1 is 1.19 bits per heavy atom. The van der Waals surface area contributed by atoms with Crippen LogP contribution in [0.5, 0.6) is 0 Å². The number of hydrogen-bond acceptors (Lipinski definition) is 4. The molecule has 3 aromatic rings. The molecule has 138 valence electrons. The number of anilines is 2. The summed E-state index contributed by atoms with van der Waals surface area (Å²) >= 11 is 0. The molecule has 4 rings (SSSR count). The molecule has 1 aliphatic rings. The Balaban J connectivity index is 1.75. The van der Waals surface area contributed by atoms with Gasteiger partial charge >= 0.3 is 0 Å². The number of aromatic nitrogens is 3. The highest BCUT2D eigenvalue weighted by molar-refractivity contribution is 6.04. The molecule has 1 aromatic heterocycles. The molecule has 0 aliphatic carbocycles. The molecule has 6 nitrogen and oxygen atoms in total.